The van der Waals surface area contributed by atoms with Gasteiger partial charge < -0.3 is 9.84 Å². The number of ether oxygens (including phenoxy) is 1. The zero-order chi connectivity index (χ0) is 10.0. The molecule has 1 aliphatic heterocycles. The topological polar surface area (TPSA) is 46.5 Å². The summed E-state index contributed by atoms with van der Waals surface area (Å²) < 4.78 is 4.60. The van der Waals surface area contributed by atoms with Crippen LogP contribution >= 0.6 is 11.8 Å². The molecule has 0 radical (unpaired) electrons. The monoisotopic (exact) mass is 216 g/mol. The fourth-order valence-electron chi connectivity index (χ4n) is 2.18. The van der Waals surface area contributed by atoms with Crippen LogP contribution in [0, 0.1) is 0 Å². The van der Waals surface area contributed by atoms with Gasteiger partial charge in [0.05, 0.1) is 6.61 Å². The Morgan fingerprint density at radius 1 is 1.43 bits per heavy atom. The summed E-state index contributed by atoms with van der Waals surface area (Å²) in [5.74, 6) is -0.688. The summed E-state index contributed by atoms with van der Waals surface area (Å²) in [6.45, 7) is 0.996. The summed E-state index contributed by atoms with van der Waals surface area (Å²) in [5.41, 5.74) is 0. The van der Waals surface area contributed by atoms with Crippen LogP contribution in [-0.4, -0.2) is 34.3 Å². The zero-order valence-corrected chi connectivity index (χ0v) is 9.02. The molecule has 1 saturated heterocycles. The van der Waals surface area contributed by atoms with Crippen molar-refractivity contribution in [2.75, 3.05) is 13.2 Å². The number of carboxylic acid groups (broad SMARTS) is 1. The number of carboxylic acids is 1. The molecular weight excluding hydrogens is 200 g/mol. The highest BCUT2D eigenvalue weighted by atomic mass is 32.2. The van der Waals surface area contributed by atoms with E-state index in [1.165, 1.54) is 25.7 Å². The van der Waals surface area contributed by atoms with E-state index in [1.807, 2.05) is 0 Å². The molecule has 1 N–H and O–H groups in total. The molecule has 1 aliphatic carbocycles. The minimum atomic E-state index is -0.688. The van der Waals surface area contributed by atoms with Crippen LogP contribution in [-0.2, 0) is 9.53 Å². The number of hydrogen-bond acceptors (Lipinski definition) is 3. The van der Waals surface area contributed by atoms with E-state index >= 15 is 0 Å². The highest BCUT2D eigenvalue weighted by Gasteiger charge is 2.45. The van der Waals surface area contributed by atoms with Gasteiger partial charge in [0.1, 0.15) is 4.75 Å². The van der Waals surface area contributed by atoms with Crippen LogP contribution in [0.1, 0.15) is 32.1 Å². The first-order valence-electron chi connectivity index (χ1n) is 5.22. The Morgan fingerprint density at radius 3 is 2.64 bits per heavy atom. The Bertz CT molecular complexity index is 217. The minimum absolute atomic E-state index is 0.392. The molecule has 2 rings (SSSR count). The number of hydrogen-bond donors (Lipinski definition) is 1. The lowest BCUT2D eigenvalue weighted by Gasteiger charge is -2.24. The number of thioether (sulfide) groups is 1. The van der Waals surface area contributed by atoms with Crippen LogP contribution in [0.4, 0.5) is 0 Å². The van der Waals surface area contributed by atoms with Gasteiger partial charge in [-0.25, -0.2) is 0 Å². The number of aliphatic carboxylic acids is 1. The van der Waals surface area contributed by atoms with Gasteiger partial charge in [0.15, 0.2) is 0 Å². The highest BCUT2D eigenvalue weighted by molar-refractivity contribution is 8.02. The summed E-state index contributed by atoms with van der Waals surface area (Å²) in [4.78, 5) is 11.2. The number of rotatable bonds is 3. The van der Waals surface area contributed by atoms with Crippen molar-refractivity contribution >= 4 is 17.7 Å². The average Bonchev–Trinajstić information content (AvgIpc) is 2.76. The molecule has 0 aromatic rings. The maximum absolute atomic E-state index is 11.2. The molecule has 0 bridgehead atoms. The summed E-state index contributed by atoms with van der Waals surface area (Å²) in [6.07, 6.45) is 5.55. The SMILES string of the molecule is O=C(O)C1(SC2CCCC2)CCOC1. The summed E-state index contributed by atoms with van der Waals surface area (Å²) in [7, 11) is 0. The Labute approximate surface area is 88.2 Å². The van der Waals surface area contributed by atoms with Crippen molar-refractivity contribution < 1.29 is 14.6 Å². The predicted molar refractivity (Wildman–Crippen MR) is 55.6 cm³/mol. The molecule has 2 aliphatic rings. The van der Waals surface area contributed by atoms with Gasteiger partial charge in [-0.3, -0.25) is 4.79 Å². The van der Waals surface area contributed by atoms with Crippen molar-refractivity contribution in [3.63, 3.8) is 0 Å². The molecule has 4 heteroatoms. The third-order valence-electron chi connectivity index (χ3n) is 3.07. The highest BCUT2D eigenvalue weighted by Crippen LogP contribution is 2.42. The zero-order valence-electron chi connectivity index (χ0n) is 8.20. The van der Waals surface area contributed by atoms with Crippen LogP contribution in [0.25, 0.3) is 0 Å². The smallest absolute Gasteiger partial charge is 0.322 e. The minimum Gasteiger partial charge on any atom is -0.480 e. The molecule has 0 spiro atoms. The van der Waals surface area contributed by atoms with Gasteiger partial charge in [-0.05, 0) is 19.3 Å². The lowest BCUT2D eigenvalue weighted by Crippen LogP contribution is -2.37. The van der Waals surface area contributed by atoms with Gasteiger partial charge in [-0.15, -0.1) is 11.8 Å². The van der Waals surface area contributed by atoms with Crippen molar-refractivity contribution in [1.82, 2.24) is 0 Å². The van der Waals surface area contributed by atoms with Crippen LogP contribution in [0.15, 0.2) is 0 Å². The first-order chi connectivity index (χ1) is 6.73. The molecule has 1 unspecified atom stereocenters. The molecule has 0 aromatic heterocycles. The van der Waals surface area contributed by atoms with Crippen LogP contribution in [0.3, 0.4) is 0 Å². The standard InChI is InChI=1S/C10H16O3S/c11-9(12)10(5-6-13-7-10)14-8-3-1-2-4-8/h8H,1-7H2,(H,11,12). The Morgan fingerprint density at radius 2 is 2.14 bits per heavy atom. The van der Waals surface area contributed by atoms with Gasteiger partial charge in [0, 0.05) is 11.9 Å². The van der Waals surface area contributed by atoms with Crippen molar-refractivity contribution in [2.24, 2.45) is 0 Å². The van der Waals surface area contributed by atoms with Crippen LogP contribution < -0.4 is 0 Å². The van der Waals surface area contributed by atoms with Gasteiger partial charge in [-0.2, -0.15) is 0 Å². The Balaban J connectivity index is 1.99. The van der Waals surface area contributed by atoms with E-state index in [0.717, 1.165) is 0 Å². The lowest BCUT2D eigenvalue weighted by atomic mass is 10.1. The van der Waals surface area contributed by atoms with Crippen molar-refractivity contribution in [1.29, 1.82) is 0 Å². The average molecular weight is 216 g/mol. The fraction of sp³-hybridized carbons (Fsp3) is 0.900. The van der Waals surface area contributed by atoms with Gasteiger partial charge in [-0.1, -0.05) is 12.8 Å². The predicted octanol–water partition coefficient (Wildman–Crippen LogP) is 1.91. The Hall–Kier alpha value is -0.220. The summed E-state index contributed by atoms with van der Waals surface area (Å²) >= 11 is 1.65. The van der Waals surface area contributed by atoms with Gasteiger partial charge >= 0.3 is 5.97 Å². The van der Waals surface area contributed by atoms with E-state index in [4.69, 9.17) is 4.74 Å². The molecule has 14 heavy (non-hydrogen) atoms. The van der Waals surface area contributed by atoms with Crippen molar-refractivity contribution in [3.05, 3.63) is 0 Å². The molecule has 1 saturated carbocycles. The van der Waals surface area contributed by atoms with E-state index < -0.39 is 10.7 Å². The summed E-state index contributed by atoms with van der Waals surface area (Å²) in [5, 5.41) is 9.77. The largest absolute Gasteiger partial charge is 0.480 e. The normalized spacial score (nSPS) is 33.7. The maximum atomic E-state index is 11.2. The van der Waals surface area contributed by atoms with Crippen molar-refractivity contribution in [3.8, 4) is 0 Å². The molecule has 3 nitrogen and oxygen atoms in total. The number of carbonyl (C=O) groups is 1. The quantitative estimate of drug-likeness (QED) is 0.782. The second-order valence-electron chi connectivity index (χ2n) is 4.13. The first kappa shape index (κ1) is 10.3. The molecule has 0 aromatic carbocycles. The molecule has 1 atom stereocenters. The lowest BCUT2D eigenvalue weighted by molar-refractivity contribution is -0.139. The molecular formula is C10H16O3S. The van der Waals surface area contributed by atoms with E-state index in [2.05, 4.69) is 0 Å². The maximum Gasteiger partial charge on any atom is 0.322 e. The van der Waals surface area contributed by atoms with Crippen LogP contribution in [0.2, 0.25) is 0 Å². The second kappa shape index (κ2) is 4.11. The fourth-order valence-corrected chi connectivity index (χ4v) is 3.84. The third-order valence-corrected chi connectivity index (χ3v) is 4.82. The third kappa shape index (κ3) is 1.91. The molecule has 0 amide bonds. The van der Waals surface area contributed by atoms with E-state index in [1.54, 1.807) is 11.8 Å². The summed E-state index contributed by atoms with van der Waals surface area (Å²) in [6, 6.07) is 0. The van der Waals surface area contributed by atoms with Crippen LogP contribution in [0.5, 0.6) is 0 Å². The van der Waals surface area contributed by atoms with Gasteiger partial charge in [0.25, 0.3) is 0 Å². The Kier molecular flexibility index (Phi) is 3.02. The second-order valence-corrected chi connectivity index (χ2v) is 5.81. The molecule has 2 fully saturated rings. The van der Waals surface area contributed by atoms with E-state index in [9.17, 15) is 9.90 Å². The van der Waals surface area contributed by atoms with Gasteiger partial charge in [0.2, 0.25) is 0 Å². The van der Waals surface area contributed by atoms with Crippen molar-refractivity contribution in [2.45, 2.75) is 42.1 Å². The molecule has 1 heterocycles. The molecule has 80 valence electrons. The van der Waals surface area contributed by atoms with E-state index in [-0.39, 0.29) is 0 Å². The van der Waals surface area contributed by atoms with E-state index in [0.29, 0.717) is 24.9 Å². The first-order valence-corrected chi connectivity index (χ1v) is 6.10.